The number of carbonyl (C=O) groups excluding carboxylic acids is 1. The highest BCUT2D eigenvalue weighted by atomic mass is 16.2. The van der Waals surface area contributed by atoms with Gasteiger partial charge in [0.15, 0.2) is 0 Å². The third-order valence-corrected chi connectivity index (χ3v) is 4.74. The molecule has 1 aromatic rings. The number of piperidine rings is 1. The summed E-state index contributed by atoms with van der Waals surface area (Å²) in [6.45, 7) is 1.60. The predicted molar refractivity (Wildman–Crippen MR) is 74.9 cm³/mol. The van der Waals surface area contributed by atoms with Gasteiger partial charge in [-0.3, -0.25) is 4.79 Å². The quantitative estimate of drug-likeness (QED) is 0.886. The number of amides is 1. The van der Waals surface area contributed by atoms with E-state index < -0.39 is 0 Å². The summed E-state index contributed by atoms with van der Waals surface area (Å²) in [5.41, 5.74) is 5.96. The van der Waals surface area contributed by atoms with E-state index in [0.717, 1.165) is 51.0 Å². The van der Waals surface area contributed by atoms with E-state index in [1.54, 1.807) is 6.33 Å². The first-order valence-electron chi connectivity index (χ1n) is 7.48. The van der Waals surface area contributed by atoms with Crippen LogP contribution in [0.2, 0.25) is 0 Å². The Morgan fingerprint density at radius 2 is 2.30 bits per heavy atom. The average Bonchev–Trinajstić information content (AvgIpc) is 2.83. The van der Waals surface area contributed by atoms with Crippen molar-refractivity contribution in [2.45, 2.75) is 50.0 Å². The van der Waals surface area contributed by atoms with Crippen molar-refractivity contribution in [3.05, 3.63) is 12.2 Å². The van der Waals surface area contributed by atoms with Gasteiger partial charge in [-0.05, 0) is 32.1 Å². The number of rotatable bonds is 3. The van der Waals surface area contributed by atoms with Gasteiger partial charge in [0.25, 0.3) is 0 Å². The molecule has 1 aliphatic carbocycles. The molecule has 110 valence electrons. The lowest BCUT2D eigenvalue weighted by molar-refractivity contribution is -0.134. The number of nitrogens with zero attached hydrogens (tertiary/aromatic N) is 4. The van der Waals surface area contributed by atoms with Crippen molar-refractivity contribution in [2.24, 2.45) is 12.8 Å². The summed E-state index contributed by atoms with van der Waals surface area (Å²) >= 11 is 0. The van der Waals surface area contributed by atoms with Crippen LogP contribution in [0.5, 0.6) is 0 Å². The highest BCUT2D eigenvalue weighted by Gasteiger charge is 2.37. The fraction of sp³-hybridized carbons (Fsp3) is 0.786. The minimum atomic E-state index is -0.227. The van der Waals surface area contributed by atoms with Crippen LogP contribution in [0, 0.1) is 0 Å². The Hall–Kier alpha value is -1.43. The Bertz CT molecular complexity index is 494. The van der Waals surface area contributed by atoms with Crippen LogP contribution >= 0.6 is 0 Å². The third kappa shape index (κ3) is 2.57. The molecule has 1 atom stereocenters. The number of nitrogens with two attached hydrogens (primary N) is 1. The van der Waals surface area contributed by atoms with E-state index in [4.69, 9.17) is 5.73 Å². The van der Waals surface area contributed by atoms with Gasteiger partial charge in [-0.2, -0.15) is 0 Å². The van der Waals surface area contributed by atoms with E-state index >= 15 is 0 Å². The fourth-order valence-electron chi connectivity index (χ4n) is 3.30. The summed E-state index contributed by atoms with van der Waals surface area (Å²) in [6.07, 6.45) is 7.45. The molecule has 1 saturated heterocycles. The van der Waals surface area contributed by atoms with Gasteiger partial charge in [0.1, 0.15) is 12.2 Å². The Morgan fingerprint density at radius 1 is 1.50 bits per heavy atom. The molecule has 6 nitrogen and oxygen atoms in total. The SMILES string of the molecule is Cn1cnnc1C1CCCN(C(=O)CC2(N)CCC2)C1. The molecule has 20 heavy (non-hydrogen) atoms. The Labute approximate surface area is 119 Å². The monoisotopic (exact) mass is 277 g/mol. The van der Waals surface area contributed by atoms with Crippen molar-refractivity contribution in [3.63, 3.8) is 0 Å². The number of hydrogen-bond acceptors (Lipinski definition) is 4. The fourth-order valence-corrected chi connectivity index (χ4v) is 3.30. The van der Waals surface area contributed by atoms with Gasteiger partial charge in [-0.25, -0.2) is 0 Å². The van der Waals surface area contributed by atoms with Crippen molar-refractivity contribution in [1.82, 2.24) is 19.7 Å². The molecule has 1 unspecified atom stereocenters. The van der Waals surface area contributed by atoms with Crippen LogP contribution < -0.4 is 5.73 Å². The average molecular weight is 277 g/mol. The normalized spacial score (nSPS) is 25.3. The van der Waals surface area contributed by atoms with Gasteiger partial charge in [-0.15, -0.1) is 10.2 Å². The topological polar surface area (TPSA) is 77.0 Å². The lowest BCUT2D eigenvalue weighted by Gasteiger charge is -2.40. The van der Waals surface area contributed by atoms with Crippen LogP contribution in [0.15, 0.2) is 6.33 Å². The van der Waals surface area contributed by atoms with Gasteiger partial charge < -0.3 is 15.2 Å². The minimum Gasteiger partial charge on any atom is -0.342 e. The van der Waals surface area contributed by atoms with E-state index in [2.05, 4.69) is 10.2 Å². The largest absolute Gasteiger partial charge is 0.342 e. The zero-order valence-electron chi connectivity index (χ0n) is 12.1. The van der Waals surface area contributed by atoms with Gasteiger partial charge in [0.2, 0.25) is 5.91 Å². The predicted octanol–water partition coefficient (Wildman–Crippen LogP) is 0.793. The van der Waals surface area contributed by atoms with E-state index in [1.165, 1.54) is 0 Å². The van der Waals surface area contributed by atoms with Crippen molar-refractivity contribution in [3.8, 4) is 0 Å². The maximum Gasteiger partial charge on any atom is 0.224 e. The number of likely N-dealkylation sites (tertiary alicyclic amines) is 1. The second kappa shape index (κ2) is 5.16. The van der Waals surface area contributed by atoms with Crippen molar-refractivity contribution >= 4 is 5.91 Å². The van der Waals surface area contributed by atoms with E-state index in [1.807, 2.05) is 16.5 Å². The summed E-state index contributed by atoms with van der Waals surface area (Å²) in [5.74, 6) is 1.49. The Morgan fingerprint density at radius 3 is 2.90 bits per heavy atom. The number of hydrogen-bond donors (Lipinski definition) is 1. The lowest BCUT2D eigenvalue weighted by Crippen LogP contribution is -2.51. The molecule has 1 amide bonds. The standard InChI is InChI=1S/C14H23N5O/c1-18-10-16-17-13(18)11-4-2-7-19(9-11)12(20)8-14(15)5-3-6-14/h10-11H,2-9,15H2,1H3. The van der Waals surface area contributed by atoms with Gasteiger partial charge in [0, 0.05) is 38.0 Å². The van der Waals surface area contributed by atoms with E-state index in [9.17, 15) is 4.79 Å². The molecular weight excluding hydrogens is 254 g/mol. The summed E-state index contributed by atoms with van der Waals surface area (Å²) < 4.78 is 1.95. The maximum absolute atomic E-state index is 12.4. The van der Waals surface area contributed by atoms with E-state index in [-0.39, 0.29) is 11.4 Å². The molecule has 1 aromatic heterocycles. The first-order valence-corrected chi connectivity index (χ1v) is 7.48. The van der Waals surface area contributed by atoms with E-state index in [0.29, 0.717) is 12.3 Å². The van der Waals surface area contributed by atoms with Crippen LogP contribution in [-0.2, 0) is 11.8 Å². The van der Waals surface area contributed by atoms with Crippen LogP contribution in [0.25, 0.3) is 0 Å². The number of carbonyl (C=O) groups is 1. The molecule has 0 spiro atoms. The highest BCUT2D eigenvalue weighted by molar-refractivity contribution is 5.77. The number of aryl methyl sites for hydroxylation is 1. The van der Waals surface area contributed by atoms with Crippen LogP contribution in [0.1, 0.15) is 50.3 Å². The molecule has 2 heterocycles. The summed E-state index contributed by atoms with van der Waals surface area (Å²) in [7, 11) is 1.96. The van der Waals surface area contributed by atoms with Crippen molar-refractivity contribution in [2.75, 3.05) is 13.1 Å². The molecule has 2 aliphatic rings. The highest BCUT2D eigenvalue weighted by Crippen LogP contribution is 2.33. The zero-order valence-corrected chi connectivity index (χ0v) is 12.1. The molecule has 0 aromatic carbocycles. The molecule has 1 aliphatic heterocycles. The minimum absolute atomic E-state index is 0.207. The molecular formula is C14H23N5O. The molecule has 0 radical (unpaired) electrons. The third-order valence-electron chi connectivity index (χ3n) is 4.74. The van der Waals surface area contributed by atoms with Crippen LogP contribution in [0.3, 0.4) is 0 Å². The van der Waals surface area contributed by atoms with Crippen molar-refractivity contribution < 1.29 is 4.79 Å². The van der Waals surface area contributed by atoms with Gasteiger partial charge in [0.05, 0.1) is 0 Å². The van der Waals surface area contributed by atoms with Gasteiger partial charge >= 0.3 is 0 Å². The lowest BCUT2D eigenvalue weighted by atomic mass is 9.75. The number of aromatic nitrogens is 3. The summed E-state index contributed by atoms with van der Waals surface area (Å²) in [6, 6.07) is 0. The smallest absolute Gasteiger partial charge is 0.224 e. The second-order valence-electron chi connectivity index (χ2n) is 6.37. The summed E-state index contributed by atoms with van der Waals surface area (Å²) in [4.78, 5) is 14.4. The van der Waals surface area contributed by atoms with Crippen LogP contribution in [0.4, 0.5) is 0 Å². The Balaban J connectivity index is 1.63. The molecule has 6 heteroatoms. The second-order valence-corrected chi connectivity index (χ2v) is 6.37. The molecule has 0 bridgehead atoms. The van der Waals surface area contributed by atoms with Crippen LogP contribution in [-0.4, -0.2) is 44.2 Å². The first-order chi connectivity index (χ1) is 9.57. The molecule has 2 N–H and O–H groups in total. The maximum atomic E-state index is 12.4. The first kappa shape index (κ1) is 13.5. The molecule has 1 saturated carbocycles. The Kier molecular flexibility index (Phi) is 3.50. The summed E-state index contributed by atoms with van der Waals surface area (Å²) in [5, 5.41) is 8.12. The zero-order chi connectivity index (χ0) is 14.2. The molecule has 3 rings (SSSR count). The van der Waals surface area contributed by atoms with Crippen molar-refractivity contribution in [1.29, 1.82) is 0 Å². The molecule has 2 fully saturated rings. The van der Waals surface area contributed by atoms with Gasteiger partial charge in [-0.1, -0.05) is 0 Å².